The van der Waals surface area contributed by atoms with Gasteiger partial charge in [-0.05, 0) is 34.5 Å². The van der Waals surface area contributed by atoms with E-state index in [1.807, 2.05) is 36.5 Å². The Labute approximate surface area is 118 Å². The monoisotopic (exact) mass is 324 g/mol. The summed E-state index contributed by atoms with van der Waals surface area (Å²) >= 11 is 3.37. The van der Waals surface area contributed by atoms with Crippen LogP contribution >= 0.6 is 15.9 Å². The zero-order valence-electron chi connectivity index (χ0n) is 10.1. The molecule has 1 aromatic carbocycles. The second-order valence-corrected chi connectivity index (χ2v) is 4.76. The second kappa shape index (κ2) is 6.38. The fourth-order valence-corrected chi connectivity index (χ4v) is 1.93. The van der Waals surface area contributed by atoms with Crippen molar-refractivity contribution in [2.24, 2.45) is 0 Å². The van der Waals surface area contributed by atoms with Gasteiger partial charge in [0.05, 0.1) is 16.8 Å². The average molecular weight is 325 g/mol. The van der Waals surface area contributed by atoms with E-state index in [9.17, 15) is 4.79 Å². The predicted octanol–water partition coefficient (Wildman–Crippen LogP) is 2.88. The lowest BCUT2D eigenvalue weighted by Gasteiger charge is -2.02. The highest BCUT2D eigenvalue weighted by molar-refractivity contribution is 9.10. The smallest absolute Gasteiger partial charge is 0.303 e. The van der Waals surface area contributed by atoms with Gasteiger partial charge >= 0.3 is 5.97 Å². The molecule has 100 valence electrons. The van der Waals surface area contributed by atoms with E-state index in [1.54, 1.807) is 4.68 Å². The van der Waals surface area contributed by atoms with Gasteiger partial charge in [-0.15, -0.1) is 5.10 Å². The van der Waals surface area contributed by atoms with Crippen LogP contribution in [0, 0.1) is 0 Å². The van der Waals surface area contributed by atoms with Gasteiger partial charge in [-0.1, -0.05) is 18.2 Å². The van der Waals surface area contributed by atoms with Crippen LogP contribution in [0.4, 0.5) is 0 Å². The van der Waals surface area contributed by atoms with Crippen molar-refractivity contribution in [1.29, 1.82) is 0 Å². The first-order valence-corrected chi connectivity index (χ1v) is 6.61. The number of carboxylic acid groups (broad SMARTS) is 1. The Bertz CT molecular complexity index is 554. The summed E-state index contributed by atoms with van der Waals surface area (Å²) in [4.78, 5) is 10.4. The molecule has 0 saturated carbocycles. The first-order valence-electron chi connectivity index (χ1n) is 5.82. The number of hydrogen-bond acceptors (Lipinski definition) is 3. The molecule has 1 aromatic heterocycles. The van der Waals surface area contributed by atoms with E-state index in [4.69, 9.17) is 9.84 Å². The van der Waals surface area contributed by atoms with Gasteiger partial charge in [-0.3, -0.25) is 4.79 Å². The largest absolute Gasteiger partial charge is 0.481 e. The molecular weight excluding hydrogens is 312 g/mol. The molecule has 2 aromatic rings. The fourth-order valence-electron chi connectivity index (χ4n) is 1.54. The van der Waals surface area contributed by atoms with Crippen LogP contribution in [0.1, 0.15) is 12.8 Å². The van der Waals surface area contributed by atoms with Crippen LogP contribution < -0.4 is 4.74 Å². The summed E-state index contributed by atoms with van der Waals surface area (Å²) in [5.41, 5.74) is 0.934. The summed E-state index contributed by atoms with van der Waals surface area (Å²) in [6.45, 7) is 0.330. The molecule has 0 aliphatic heterocycles. The minimum absolute atomic E-state index is 0.0943. The van der Waals surface area contributed by atoms with Gasteiger partial charge < -0.3 is 9.84 Å². The molecule has 0 bridgehead atoms. The Morgan fingerprint density at radius 2 is 2.11 bits per heavy atom. The molecule has 19 heavy (non-hydrogen) atoms. The standard InChI is InChI=1S/C13H13BrN2O3/c14-11-9-16(10-5-2-1-3-6-10)15-13(11)19-8-4-7-12(17)18/h1-3,5-6,9H,4,7-8H2,(H,17,18). The molecular formula is C13H13BrN2O3. The van der Waals surface area contributed by atoms with Gasteiger partial charge in [-0.2, -0.15) is 0 Å². The van der Waals surface area contributed by atoms with Gasteiger partial charge in [0.25, 0.3) is 0 Å². The average Bonchev–Trinajstić information content (AvgIpc) is 2.77. The number of rotatable bonds is 6. The third-order valence-electron chi connectivity index (χ3n) is 2.43. The van der Waals surface area contributed by atoms with Crippen LogP contribution in [0.3, 0.4) is 0 Å². The van der Waals surface area contributed by atoms with Gasteiger partial charge in [-0.25, -0.2) is 4.68 Å². The lowest BCUT2D eigenvalue weighted by atomic mass is 10.3. The fraction of sp³-hybridized carbons (Fsp3) is 0.231. The van der Waals surface area contributed by atoms with Crippen molar-refractivity contribution < 1.29 is 14.6 Å². The Morgan fingerprint density at radius 1 is 1.37 bits per heavy atom. The quantitative estimate of drug-likeness (QED) is 0.830. The van der Waals surface area contributed by atoms with Crippen LogP contribution in [0.2, 0.25) is 0 Å². The van der Waals surface area contributed by atoms with Crippen molar-refractivity contribution in [1.82, 2.24) is 9.78 Å². The van der Waals surface area contributed by atoms with Crippen LogP contribution in [-0.2, 0) is 4.79 Å². The summed E-state index contributed by atoms with van der Waals surface area (Å²) in [5.74, 6) is -0.355. The van der Waals surface area contributed by atoms with Crippen molar-refractivity contribution in [2.75, 3.05) is 6.61 Å². The number of aliphatic carboxylic acids is 1. The van der Waals surface area contributed by atoms with E-state index in [0.29, 0.717) is 18.9 Å². The number of benzene rings is 1. The number of nitrogens with zero attached hydrogens (tertiary/aromatic N) is 2. The molecule has 6 heteroatoms. The Hall–Kier alpha value is -1.82. The highest BCUT2D eigenvalue weighted by Gasteiger charge is 2.09. The minimum Gasteiger partial charge on any atom is -0.481 e. The molecule has 0 saturated heterocycles. The molecule has 0 spiro atoms. The normalized spacial score (nSPS) is 10.4. The predicted molar refractivity (Wildman–Crippen MR) is 73.6 cm³/mol. The SMILES string of the molecule is O=C(O)CCCOc1nn(-c2ccccc2)cc1Br. The lowest BCUT2D eigenvalue weighted by Crippen LogP contribution is -2.03. The molecule has 1 N–H and O–H groups in total. The highest BCUT2D eigenvalue weighted by atomic mass is 79.9. The molecule has 0 aliphatic rings. The van der Waals surface area contributed by atoms with E-state index < -0.39 is 5.97 Å². The Kier molecular flexibility index (Phi) is 4.57. The van der Waals surface area contributed by atoms with Crippen molar-refractivity contribution in [3.8, 4) is 11.6 Å². The molecule has 5 nitrogen and oxygen atoms in total. The zero-order valence-corrected chi connectivity index (χ0v) is 11.7. The number of para-hydroxylation sites is 1. The maximum Gasteiger partial charge on any atom is 0.303 e. The van der Waals surface area contributed by atoms with E-state index in [-0.39, 0.29) is 6.42 Å². The molecule has 1 heterocycles. The van der Waals surface area contributed by atoms with E-state index in [1.165, 1.54) is 0 Å². The number of carbonyl (C=O) groups is 1. The number of aromatic nitrogens is 2. The van der Waals surface area contributed by atoms with Gasteiger partial charge in [0.2, 0.25) is 5.88 Å². The van der Waals surface area contributed by atoms with Crippen molar-refractivity contribution in [3.63, 3.8) is 0 Å². The third kappa shape index (κ3) is 3.82. The molecule has 0 fully saturated rings. The first kappa shape index (κ1) is 13.6. The number of hydrogen-bond donors (Lipinski definition) is 1. The maximum atomic E-state index is 10.4. The third-order valence-corrected chi connectivity index (χ3v) is 2.98. The van der Waals surface area contributed by atoms with Gasteiger partial charge in [0, 0.05) is 12.6 Å². The molecule has 0 atom stereocenters. The lowest BCUT2D eigenvalue weighted by molar-refractivity contribution is -0.137. The van der Waals surface area contributed by atoms with Gasteiger partial charge in [0.1, 0.15) is 0 Å². The Balaban J connectivity index is 1.99. The molecule has 0 aliphatic carbocycles. The molecule has 0 unspecified atom stereocenters. The summed E-state index contributed by atoms with van der Waals surface area (Å²) in [7, 11) is 0. The summed E-state index contributed by atoms with van der Waals surface area (Å²) in [6.07, 6.45) is 2.36. The topological polar surface area (TPSA) is 64.3 Å². The molecule has 0 radical (unpaired) electrons. The van der Waals surface area contributed by atoms with Crippen LogP contribution in [0.15, 0.2) is 41.0 Å². The van der Waals surface area contributed by atoms with Crippen molar-refractivity contribution in [2.45, 2.75) is 12.8 Å². The first-order chi connectivity index (χ1) is 9.16. The van der Waals surface area contributed by atoms with E-state index in [2.05, 4.69) is 21.0 Å². The van der Waals surface area contributed by atoms with Crippen molar-refractivity contribution >= 4 is 21.9 Å². The van der Waals surface area contributed by atoms with E-state index >= 15 is 0 Å². The van der Waals surface area contributed by atoms with Crippen LogP contribution in [0.5, 0.6) is 5.88 Å². The number of carboxylic acids is 1. The van der Waals surface area contributed by atoms with Crippen LogP contribution in [0.25, 0.3) is 5.69 Å². The summed E-state index contributed by atoms with van der Waals surface area (Å²) < 4.78 is 7.89. The molecule has 0 amide bonds. The Morgan fingerprint density at radius 3 is 2.79 bits per heavy atom. The second-order valence-electron chi connectivity index (χ2n) is 3.91. The molecule has 2 rings (SSSR count). The minimum atomic E-state index is -0.822. The maximum absolute atomic E-state index is 10.4. The summed E-state index contributed by atoms with van der Waals surface area (Å²) in [6, 6.07) is 9.67. The number of halogens is 1. The van der Waals surface area contributed by atoms with Gasteiger partial charge in [0.15, 0.2) is 0 Å². The van der Waals surface area contributed by atoms with E-state index in [0.717, 1.165) is 10.2 Å². The van der Waals surface area contributed by atoms with Crippen LogP contribution in [-0.4, -0.2) is 27.5 Å². The zero-order chi connectivity index (χ0) is 13.7. The number of ether oxygens (including phenoxy) is 1. The van der Waals surface area contributed by atoms with Crippen molar-refractivity contribution in [3.05, 3.63) is 41.0 Å². The summed E-state index contributed by atoms with van der Waals surface area (Å²) in [5, 5.41) is 12.8. The highest BCUT2D eigenvalue weighted by Crippen LogP contribution is 2.24.